The highest BCUT2D eigenvalue weighted by molar-refractivity contribution is 6.30. The quantitative estimate of drug-likeness (QED) is 0.898. The second-order valence-electron chi connectivity index (χ2n) is 3.58. The molecule has 2 aromatic rings. The minimum Gasteiger partial charge on any atom is -0.487 e. The van der Waals surface area contributed by atoms with E-state index >= 15 is 0 Å². The maximum Gasteiger partial charge on any atom is 0.134 e. The number of nitrogens with zero attached hydrogens (tertiary/aromatic N) is 3. The van der Waals surface area contributed by atoms with Crippen molar-refractivity contribution in [3.8, 4) is 5.75 Å². The van der Waals surface area contributed by atoms with Gasteiger partial charge in [0.15, 0.2) is 0 Å². The van der Waals surface area contributed by atoms with E-state index in [-0.39, 0.29) is 6.61 Å². The van der Waals surface area contributed by atoms with Crippen LogP contribution in [0.15, 0.2) is 24.4 Å². The summed E-state index contributed by atoms with van der Waals surface area (Å²) in [5.41, 5.74) is 1.38. The molecule has 1 aromatic carbocycles. The van der Waals surface area contributed by atoms with Crippen LogP contribution in [-0.4, -0.2) is 20.1 Å². The smallest absolute Gasteiger partial charge is 0.134 e. The fourth-order valence-electron chi connectivity index (χ4n) is 1.43. The SMILES string of the molecule is Cn1cc(COc2ccc(Cl)cc2CO)nn1. The van der Waals surface area contributed by atoms with Crippen LogP contribution in [0, 0.1) is 0 Å². The van der Waals surface area contributed by atoms with Crippen LogP contribution in [0.3, 0.4) is 0 Å². The monoisotopic (exact) mass is 253 g/mol. The summed E-state index contributed by atoms with van der Waals surface area (Å²) < 4.78 is 7.15. The van der Waals surface area contributed by atoms with Gasteiger partial charge in [0.25, 0.3) is 0 Å². The van der Waals surface area contributed by atoms with Crippen LogP contribution < -0.4 is 4.74 Å². The van der Waals surface area contributed by atoms with E-state index in [0.717, 1.165) is 5.69 Å². The molecule has 90 valence electrons. The Hall–Kier alpha value is -1.59. The number of ether oxygens (including phenoxy) is 1. The predicted octanol–water partition coefficient (Wildman–Crippen LogP) is 1.54. The lowest BCUT2D eigenvalue weighted by molar-refractivity contribution is 0.257. The van der Waals surface area contributed by atoms with E-state index in [1.165, 1.54) is 0 Å². The lowest BCUT2D eigenvalue weighted by Gasteiger charge is -2.08. The van der Waals surface area contributed by atoms with Crippen LogP contribution >= 0.6 is 11.6 Å². The van der Waals surface area contributed by atoms with Crippen LogP contribution in [0.25, 0.3) is 0 Å². The highest BCUT2D eigenvalue weighted by atomic mass is 35.5. The lowest BCUT2D eigenvalue weighted by atomic mass is 10.2. The second kappa shape index (κ2) is 5.16. The van der Waals surface area contributed by atoms with Crippen molar-refractivity contribution in [2.45, 2.75) is 13.2 Å². The van der Waals surface area contributed by atoms with Gasteiger partial charge < -0.3 is 9.84 Å². The number of hydrogen-bond donors (Lipinski definition) is 1. The van der Waals surface area contributed by atoms with Gasteiger partial charge in [-0.25, -0.2) is 0 Å². The molecule has 0 aliphatic rings. The van der Waals surface area contributed by atoms with E-state index < -0.39 is 0 Å². The molecule has 6 heteroatoms. The molecule has 1 N–H and O–H groups in total. The van der Waals surface area contributed by atoms with Crippen molar-refractivity contribution in [1.29, 1.82) is 0 Å². The summed E-state index contributed by atoms with van der Waals surface area (Å²) in [4.78, 5) is 0. The summed E-state index contributed by atoms with van der Waals surface area (Å²) in [7, 11) is 1.79. The first-order valence-corrected chi connectivity index (χ1v) is 5.44. The summed E-state index contributed by atoms with van der Waals surface area (Å²) in [6.07, 6.45) is 1.77. The number of aliphatic hydroxyl groups excluding tert-OH is 1. The number of aromatic nitrogens is 3. The van der Waals surface area contributed by atoms with Crippen molar-refractivity contribution in [3.63, 3.8) is 0 Å². The number of hydrogen-bond acceptors (Lipinski definition) is 4. The van der Waals surface area contributed by atoms with Crippen molar-refractivity contribution < 1.29 is 9.84 Å². The number of aryl methyl sites for hydroxylation is 1. The van der Waals surface area contributed by atoms with E-state index in [2.05, 4.69) is 10.3 Å². The van der Waals surface area contributed by atoms with Crippen LogP contribution in [-0.2, 0) is 20.3 Å². The van der Waals surface area contributed by atoms with Crippen molar-refractivity contribution in [3.05, 3.63) is 40.7 Å². The Morgan fingerprint density at radius 2 is 2.29 bits per heavy atom. The van der Waals surface area contributed by atoms with Crippen molar-refractivity contribution in [2.75, 3.05) is 0 Å². The maximum atomic E-state index is 9.17. The standard InChI is InChI=1S/C11H12ClN3O2/c1-15-5-10(13-14-15)7-17-11-3-2-9(12)4-8(11)6-16/h2-5,16H,6-7H2,1H3. The molecule has 0 spiro atoms. The Morgan fingerprint density at radius 3 is 2.94 bits per heavy atom. The molecule has 0 aliphatic heterocycles. The molecule has 17 heavy (non-hydrogen) atoms. The van der Waals surface area contributed by atoms with E-state index in [9.17, 15) is 5.11 Å². The zero-order chi connectivity index (χ0) is 12.3. The number of aliphatic hydroxyl groups is 1. The summed E-state index contributed by atoms with van der Waals surface area (Å²) >= 11 is 5.82. The average Bonchev–Trinajstić information content (AvgIpc) is 2.73. The summed E-state index contributed by atoms with van der Waals surface area (Å²) in [6, 6.07) is 5.12. The molecule has 0 saturated carbocycles. The molecule has 1 heterocycles. The molecule has 0 amide bonds. The Labute approximate surface area is 104 Å². The molecule has 0 saturated heterocycles. The molecule has 0 radical (unpaired) electrons. The molecule has 0 aliphatic carbocycles. The molecule has 0 unspecified atom stereocenters. The Balaban J connectivity index is 2.08. The normalized spacial score (nSPS) is 10.5. The van der Waals surface area contributed by atoms with E-state index in [0.29, 0.717) is 22.9 Å². The average molecular weight is 254 g/mol. The Bertz CT molecular complexity index is 513. The van der Waals surface area contributed by atoms with Gasteiger partial charge in [-0.3, -0.25) is 4.68 Å². The van der Waals surface area contributed by atoms with Crippen LogP contribution in [0.1, 0.15) is 11.3 Å². The maximum absolute atomic E-state index is 9.17. The molecule has 5 nitrogen and oxygen atoms in total. The molecule has 0 bridgehead atoms. The third-order valence-corrected chi connectivity index (χ3v) is 2.45. The molecular formula is C11H12ClN3O2. The van der Waals surface area contributed by atoms with Gasteiger partial charge in [0, 0.05) is 17.6 Å². The van der Waals surface area contributed by atoms with Gasteiger partial charge in [-0.2, -0.15) is 0 Å². The third kappa shape index (κ3) is 2.95. The van der Waals surface area contributed by atoms with Gasteiger partial charge in [0.05, 0.1) is 12.8 Å². The number of halogens is 1. The first kappa shape index (κ1) is 11.9. The third-order valence-electron chi connectivity index (χ3n) is 2.22. The number of benzene rings is 1. The summed E-state index contributed by atoms with van der Waals surface area (Å²) in [6.45, 7) is 0.193. The van der Waals surface area contributed by atoms with Gasteiger partial charge >= 0.3 is 0 Å². The van der Waals surface area contributed by atoms with Gasteiger partial charge in [-0.1, -0.05) is 16.8 Å². The largest absolute Gasteiger partial charge is 0.487 e. The minimum atomic E-state index is -0.115. The second-order valence-corrected chi connectivity index (χ2v) is 4.02. The zero-order valence-corrected chi connectivity index (χ0v) is 10.1. The topological polar surface area (TPSA) is 60.2 Å². The van der Waals surface area contributed by atoms with Crippen molar-refractivity contribution in [2.24, 2.45) is 7.05 Å². The first-order chi connectivity index (χ1) is 8.19. The summed E-state index contributed by atoms with van der Waals surface area (Å²) in [5.74, 6) is 0.600. The van der Waals surface area contributed by atoms with E-state index in [1.54, 1.807) is 36.1 Å². The molecule has 0 atom stereocenters. The van der Waals surface area contributed by atoms with E-state index in [1.807, 2.05) is 0 Å². The van der Waals surface area contributed by atoms with Crippen LogP contribution in [0.4, 0.5) is 0 Å². The molecule has 0 fully saturated rings. The van der Waals surface area contributed by atoms with Gasteiger partial charge in [0.1, 0.15) is 18.1 Å². The lowest BCUT2D eigenvalue weighted by Crippen LogP contribution is -1.99. The minimum absolute atomic E-state index is 0.115. The molecule has 2 rings (SSSR count). The highest BCUT2D eigenvalue weighted by Gasteiger charge is 2.05. The van der Waals surface area contributed by atoms with E-state index in [4.69, 9.17) is 16.3 Å². The Morgan fingerprint density at radius 1 is 1.47 bits per heavy atom. The fraction of sp³-hybridized carbons (Fsp3) is 0.273. The zero-order valence-electron chi connectivity index (χ0n) is 9.30. The fourth-order valence-corrected chi connectivity index (χ4v) is 1.62. The predicted molar refractivity (Wildman–Crippen MR) is 62.7 cm³/mol. The highest BCUT2D eigenvalue weighted by Crippen LogP contribution is 2.23. The van der Waals surface area contributed by atoms with Gasteiger partial charge in [0.2, 0.25) is 0 Å². The van der Waals surface area contributed by atoms with Crippen LogP contribution in [0.5, 0.6) is 5.75 Å². The van der Waals surface area contributed by atoms with Crippen molar-refractivity contribution in [1.82, 2.24) is 15.0 Å². The summed E-state index contributed by atoms with van der Waals surface area (Å²) in [5, 5.41) is 17.4. The molecular weight excluding hydrogens is 242 g/mol. The first-order valence-electron chi connectivity index (χ1n) is 5.06. The van der Waals surface area contributed by atoms with Gasteiger partial charge in [-0.05, 0) is 18.2 Å². The van der Waals surface area contributed by atoms with Gasteiger partial charge in [-0.15, -0.1) is 5.10 Å². The Kier molecular flexibility index (Phi) is 3.61. The van der Waals surface area contributed by atoms with Crippen LogP contribution in [0.2, 0.25) is 5.02 Å². The number of rotatable bonds is 4. The molecule has 1 aromatic heterocycles. The van der Waals surface area contributed by atoms with Crippen molar-refractivity contribution >= 4 is 11.6 Å².